The average Bonchev–Trinajstić information content (AvgIpc) is 2.81. The molecule has 10 heteroatoms. The molecule has 0 saturated carbocycles. The minimum absolute atomic E-state index is 0.0920. The number of carbonyl (C=O) groups is 2. The van der Waals surface area contributed by atoms with Gasteiger partial charge in [-0.1, -0.05) is 18.2 Å². The molecule has 0 radical (unpaired) electrons. The maximum atomic E-state index is 13.3. The van der Waals surface area contributed by atoms with E-state index < -0.39 is 10.0 Å². The van der Waals surface area contributed by atoms with Crippen LogP contribution in [0.15, 0.2) is 47.4 Å². The zero-order valence-electron chi connectivity index (χ0n) is 19.4. The maximum absolute atomic E-state index is 13.3. The van der Waals surface area contributed by atoms with Crippen LogP contribution in [0.4, 0.5) is 5.69 Å². The van der Waals surface area contributed by atoms with Gasteiger partial charge < -0.3 is 19.7 Å². The van der Waals surface area contributed by atoms with E-state index in [0.717, 1.165) is 0 Å². The van der Waals surface area contributed by atoms with Gasteiger partial charge in [0.2, 0.25) is 5.91 Å². The molecule has 4 rings (SSSR count). The van der Waals surface area contributed by atoms with E-state index in [1.54, 1.807) is 56.3 Å². The molecule has 2 aliphatic rings. The van der Waals surface area contributed by atoms with Crippen LogP contribution in [0.2, 0.25) is 0 Å². The van der Waals surface area contributed by atoms with Crippen LogP contribution < -0.4 is 14.8 Å². The van der Waals surface area contributed by atoms with Crippen molar-refractivity contribution >= 4 is 27.5 Å². The van der Waals surface area contributed by atoms with Gasteiger partial charge >= 0.3 is 0 Å². The SMILES string of the molecule is CNC(=O)C[C@@H]1CC[C@H]2[C@@H](COc3ccc(NS(=O)(=O)c4ccccc4C)cc3C(=O)N2C)O1. The van der Waals surface area contributed by atoms with Gasteiger partial charge in [0.05, 0.1) is 29.0 Å². The Morgan fingerprint density at radius 3 is 2.68 bits per heavy atom. The summed E-state index contributed by atoms with van der Waals surface area (Å²) in [6.45, 7) is 1.94. The predicted octanol–water partition coefficient (Wildman–Crippen LogP) is 2.31. The van der Waals surface area contributed by atoms with Crippen LogP contribution in [0, 0.1) is 6.92 Å². The van der Waals surface area contributed by atoms with Crippen molar-refractivity contribution in [2.45, 2.75) is 49.3 Å². The molecule has 34 heavy (non-hydrogen) atoms. The molecule has 3 atom stereocenters. The zero-order valence-corrected chi connectivity index (χ0v) is 20.2. The number of carbonyl (C=O) groups excluding carboxylic acids is 2. The van der Waals surface area contributed by atoms with Crippen molar-refractivity contribution in [1.82, 2.24) is 10.2 Å². The first-order valence-electron chi connectivity index (χ1n) is 11.2. The molecule has 2 heterocycles. The molecule has 0 aliphatic carbocycles. The number of hydrogen-bond acceptors (Lipinski definition) is 6. The van der Waals surface area contributed by atoms with Gasteiger partial charge in [-0.15, -0.1) is 0 Å². The molecule has 1 saturated heterocycles. The number of rotatable bonds is 5. The summed E-state index contributed by atoms with van der Waals surface area (Å²) in [5.74, 6) is -0.0215. The minimum atomic E-state index is -3.82. The van der Waals surface area contributed by atoms with Crippen LogP contribution in [0.1, 0.15) is 35.2 Å². The van der Waals surface area contributed by atoms with E-state index in [-0.39, 0.29) is 59.2 Å². The average molecular weight is 488 g/mol. The Morgan fingerprint density at radius 2 is 1.94 bits per heavy atom. The molecule has 0 aromatic heterocycles. The van der Waals surface area contributed by atoms with Crippen molar-refractivity contribution in [3.63, 3.8) is 0 Å². The van der Waals surface area contributed by atoms with Crippen LogP contribution in [-0.4, -0.2) is 64.1 Å². The first-order chi connectivity index (χ1) is 16.2. The highest BCUT2D eigenvalue weighted by molar-refractivity contribution is 7.92. The van der Waals surface area contributed by atoms with Crippen molar-refractivity contribution in [3.05, 3.63) is 53.6 Å². The van der Waals surface area contributed by atoms with Gasteiger partial charge in [-0.2, -0.15) is 0 Å². The highest BCUT2D eigenvalue weighted by Crippen LogP contribution is 2.33. The van der Waals surface area contributed by atoms with Crippen molar-refractivity contribution in [1.29, 1.82) is 0 Å². The van der Waals surface area contributed by atoms with E-state index in [1.165, 1.54) is 12.1 Å². The van der Waals surface area contributed by atoms with Gasteiger partial charge in [-0.3, -0.25) is 14.3 Å². The number of aryl methyl sites for hydroxylation is 1. The minimum Gasteiger partial charge on any atom is -0.490 e. The summed E-state index contributed by atoms with van der Waals surface area (Å²) in [6, 6.07) is 11.1. The Morgan fingerprint density at radius 1 is 1.18 bits per heavy atom. The van der Waals surface area contributed by atoms with E-state index in [4.69, 9.17) is 9.47 Å². The lowest BCUT2D eigenvalue weighted by Gasteiger charge is -2.42. The van der Waals surface area contributed by atoms with Crippen LogP contribution >= 0.6 is 0 Å². The monoisotopic (exact) mass is 487 g/mol. The molecular formula is C24H29N3O6S. The van der Waals surface area contributed by atoms with Gasteiger partial charge in [0.15, 0.2) is 0 Å². The highest BCUT2D eigenvalue weighted by Gasteiger charge is 2.39. The molecule has 2 aromatic rings. The fraction of sp³-hybridized carbons (Fsp3) is 0.417. The predicted molar refractivity (Wildman–Crippen MR) is 126 cm³/mol. The molecule has 2 N–H and O–H groups in total. The summed E-state index contributed by atoms with van der Waals surface area (Å²) in [5.41, 5.74) is 1.17. The van der Waals surface area contributed by atoms with Crippen molar-refractivity contribution in [2.24, 2.45) is 0 Å². The quantitative estimate of drug-likeness (QED) is 0.669. The van der Waals surface area contributed by atoms with Crippen LogP contribution in [-0.2, 0) is 19.6 Å². The number of benzene rings is 2. The van der Waals surface area contributed by atoms with E-state index in [1.807, 2.05) is 0 Å². The van der Waals surface area contributed by atoms with Crippen LogP contribution in [0.5, 0.6) is 5.75 Å². The van der Waals surface area contributed by atoms with Crippen molar-refractivity contribution in [2.75, 3.05) is 25.4 Å². The molecular weight excluding hydrogens is 458 g/mol. The summed E-state index contributed by atoms with van der Waals surface area (Å²) >= 11 is 0. The van der Waals surface area contributed by atoms with Crippen LogP contribution in [0.3, 0.4) is 0 Å². The normalized spacial score (nSPS) is 22.5. The Balaban J connectivity index is 1.56. The number of nitrogens with zero attached hydrogens (tertiary/aromatic N) is 1. The third-order valence-electron chi connectivity index (χ3n) is 6.34. The van der Waals surface area contributed by atoms with Crippen molar-refractivity contribution in [3.8, 4) is 5.75 Å². The molecule has 0 unspecified atom stereocenters. The van der Waals surface area contributed by atoms with E-state index >= 15 is 0 Å². The smallest absolute Gasteiger partial charge is 0.262 e. The number of likely N-dealkylation sites (N-methyl/N-ethyl adjacent to an activating group) is 1. The van der Waals surface area contributed by atoms with Gasteiger partial charge in [0.1, 0.15) is 18.5 Å². The second kappa shape index (κ2) is 9.63. The fourth-order valence-electron chi connectivity index (χ4n) is 4.47. The van der Waals surface area contributed by atoms with E-state index in [9.17, 15) is 18.0 Å². The standard InChI is InChI=1S/C24H29N3O6S/c1-15-6-4-5-7-22(15)34(30,31)26-16-8-11-20-18(12-16)24(29)27(3)19-10-9-17(13-23(28)25-2)33-21(19)14-32-20/h4-8,11-12,17,19,21,26H,9-10,13-14H2,1-3H3,(H,25,28)/t17-,19-,21+/m0/s1. The Labute approximate surface area is 199 Å². The molecule has 0 bridgehead atoms. The van der Waals surface area contributed by atoms with Gasteiger partial charge in [0.25, 0.3) is 15.9 Å². The first-order valence-corrected chi connectivity index (χ1v) is 12.7. The Bertz CT molecular complexity index is 1200. The number of amides is 2. The molecule has 182 valence electrons. The summed E-state index contributed by atoms with van der Waals surface area (Å²) in [4.78, 5) is 26.9. The number of nitrogens with one attached hydrogen (secondary N) is 2. The summed E-state index contributed by atoms with van der Waals surface area (Å²) < 4.78 is 40.4. The fourth-order valence-corrected chi connectivity index (χ4v) is 5.76. The molecule has 2 aromatic carbocycles. The molecule has 0 spiro atoms. The number of hydrogen-bond donors (Lipinski definition) is 2. The molecule has 9 nitrogen and oxygen atoms in total. The number of sulfonamides is 1. The number of ether oxygens (including phenoxy) is 2. The second-order valence-electron chi connectivity index (χ2n) is 8.63. The lowest BCUT2D eigenvalue weighted by atomic mass is 9.94. The summed E-state index contributed by atoms with van der Waals surface area (Å²) in [5, 5.41) is 2.61. The third-order valence-corrected chi connectivity index (χ3v) is 7.88. The number of anilines is 1. The highest BCUT2D eigenvalue weighted by atomic mass is 32.2. The van der Waals surface area contributed by atoms with Gasteiger partial charge in [0, 0.05) is 19.8 Å². The second-order valence-corrected chi connectivity index (χ2v) is 10.3. The first kappa shape index (κ1) is 24.0. The van der Waals surface area contributed by atoms with Crippen molar-refractivity contribution < 1.29 is 27.5 Å². The Kier molecular flexibility index (Phi) is 6.81. The summed E-state index contributed by atoms with van der Waals surface area (Å²) in [7, 11) is -0.525. The maximum Gasteiger partial charge on any atom is 0.262 e. The van der Waals surface area contributed by atoms with E-state index in [0.29, 0.717) is 24.2 Å². The topological polar surface area (TPSA) is 114 Å². The van der Waals surface area contributed by atoms with Gasteiger partial charge in [-0.05, 0) is 49.6 Å². The third kappa shape index (κ3) is 4.88. The van der Waals surface area contributed by atoms with Gasteiger partial charge in [-0.25, -0.2) is 8.42 Å². The molecule has 1 fully saturated rings. The lowest BCUT2D eigenvalue weighted by Crippen LogP contribution is -2.53. The number of fused-ring (bicyclic) bond motifs is 2. The molecule has 2 aliphatic heterocycles. The Hall–Kier alpha value is -3.11. The van der Waals surface area contributed by atoms with Crippen LogP contribution in [0.25, 0.3) is 0 Å². The van der Waals surface area contributed by atoms with E-state index in [2.05, 4.69) is 10.0 Å². The zero-order chi connectivity index (χ0) is 24.5. The largest absolute Gasteiger partial charge is 0.490 e. The lowest BCUT2D eigenvalue weighted by molar-refractivity contribution is -0.133. The summed E-state index contributed by atoms with van der Waals surface area (Å²) in [6.07, 6.45) is 0.982. The molecule has 2 amide bonds.